The molecule has 11 rings (SSSR count). The quantitative estimate of drug-likeness (QED) is 0.133. The van der Waals surface area contributed by atoms with Crippen LogP contribution in [0.5, 0.6) is 11.5 Å². The number of amides is 1. The summed E-state index contributed by atoms with van der Waals surface area (Å²) in [6, 6.07) is 7.83. The highest BCUT2D eigenvalue weighted by atomic mass is 32.1. The molecule has 20 heteroatoms. The van der Waals surface area contributed by atoms with Crippen LogP contribution in [0.4, 0.5) is 23.0 Å². The van der Waals surface area contributed by atoms with Gasteiger partial charge in [0.25, 0.3) is 0 Å². The summed E-state index contributed by atoms with van der Waals surface area (Å²) in [5.41, 5.74) is 5.94. The molecular weight excluding hydrogens is 879 g/mol. The number of likely N-dealkylation sites (N-methyl/N-ethyl adjacent to an activating group) is 1. The number of aryl methyl sites for hydroxylation is 2. The van der Waals surface area contributed by atoms with Crippen LogP contribution in [-0.2, 0) is 35.3 Å². The molecule has 18 nitrogen and oxygen atoms in total. The van der Waals surface area contributed by atoms with E-state index in [4.69, 9.17) is 9.47 Å². The number of carbonyl (C=O) groups excluding carboxylic acids is 1. The van der Waals surface area contributed by atoms with Crippen LogP contribution < -0.4 is 20.1 Å². The molecule has 0 unspecified atom stereocenters. The van der Waals surface area contributed by atoms with Crippen molar-refractivity contribution in [2.45, 2.75) is 38.5 Å². The third-order valence-electron chi connectivity index (χ3n) is 12.9. The van der Waals surface area contributed by atoms with Crippen molar-refractivity contribution in [2.75, 3.05) is 78.2 Å². The van der Waals surface area contributed by atoms with Crippen molar-refractivity contribution >= 4 is 89.0 Å². The van der Waals surface area contributed by atoms with Gasteiger partial charge in [-0.1, -0.05) is 0 Å². The minimum absolute atomic E-state index is 0.0395. The lowest BCUT2D eigenvalue weighted by atomic mass is 9.86. The molecule has 8 aromatic rings. The predicted octanol–water partition coefficient (Wildman–Crippen LogP) is 6.18. The zero-order chi connectivity index (χ0) is 45.5. The Morgan fingerprint density at radius 1 is 0.758 bits per heavy atom. The molecule has 1 aliphatic heterocycles. The first kappa shape index (κ1) is 43.4. The van der Waals surface area contributed by atoms with Crippen LogP contribution >= 0.6 is 22.7 Å². The zero-order valence-corrected chi connectivity index (χ0v) is 38.9. The lowest BCUT2D eigenvalue weighted by Crippen LogP contribution is -2.51. The first-order chi connectivity index (χ1) is 32.1. The molecule has 8 aromatic heterocycles. The maximum Gasteiger partial charge on any atom is 0.306 e. The number of anilines is 4. The summed E-state index contributed by atoms with van der Waals surface area (Å²) in [7, 11) is 7.47. The lowest BCUT2D eigenvalue weighted by molar-refractivity contribution is -0.142. The van der Waals surface area contributed by atoms with Crippen LogP contribution in [0, 0.1) is 11.8 Å². The van der Waals surface area contributed by atoms with Gasteiger partial charge in [0.2, 0.25) is 5.91 Å². The van der Waals surface area contributed by atoms with Gasteiger partial charge in [0.15, 0.2) is 11.5 Å². The van der Waals surface area contributed by atoms with Gasteiger partial charge in [0.05, 0.1) is 65.7 Å². The molecule has 0 saturated carbocycles. The molecule has 1 amide bonds. The minimum atomic E-state index is -0.730. The number of carboxylic acids is 1. The minimum Gasteiger partial charge on any atom is -0.493 e. The Hall–Kier alpha value is -6.48. The number of thiophene rings is 2. The number of fused-ring (bicyclic) bond motifs is 8. The lowest BCUT2D eigenvalue weighted by Gasteiger charge is -2.37. The van der Waals surface area contributed by atoms with Gasteiger partial charge in [-0.15, -0.1) is 22.7 Å². The highest BCUT2D eigenvalue weighted by Crippen LogP contribution is 2.43. The third kappa shape index (κ3) is 8.56. The van der Waals surface area contributed by atoms with E-state index in [0.717, 1.165) is 118 Å². The second-order valence-electron chi connectivity index (χ2n) is 17.2. The Bertz CT molecular complexity index is 3080. The van der Waals surface area contributed by atoms with Crippen molar-refractivity contribution < 1.29 is 24.2 Å². The van der Waals surface area contributed by atoms with E-state index in [1.807, 2.05) is 36.7 Å². The van der Waals surface area contributed by atoms with E-state index in [9.17, 15) is 14.7 Å². The Labute approximate surface area is 388 Å². The first-order valence-corrected chi connectivity index (χ1v) is 23.7. The van der Waals surface area contributed by atoms with Gasteiger partial charge in [0, 0.05) is 67.3 Å². The van der Waals surface area contributed by atoms with E-state index in [0.29, 0.717) is 42.5 Å². The molecule has 0 aromatic carbocycles. The van der Waals surface area contributed by atoms with E-state index in [2.05, 4.69) is 69.6 Å². The van der Waals surface area contributed by atoms with Crippen molar-refractivity contribution in [1.29, 1.82) is 0 Å². The Morgan fingerprint density at radius 2 is 1.27 bits per heavy atom. The van der Waals surface area contributed by atoms with E-state index in [-0.39, 0.29) is 11.8 Å². The summed E-state index contributed by atoms with van der Waals surface area (Å²) in [4.78, 5) is 53.9. The molecule has 1 saturated heterocycles. The Kier molecular flexibility index (Phi) is 12.1. The number of hydrogen-bond acceptors (Lipinski definition) is 16. The maximum absolute atomic E-state index is 13.5. The van der Waals surface area contributed by atoms with Gasteiger partial charge < -0.3 is 35.0 Å². The van der Waals surface area contributed by atoms with Crippen molar-refractivity contribution in [3.8, 4) is 11.5 Å². The highest BCUT2D eigenvalue weighted by molar-refractivity contribution is 7.19. The standard InChI is InChI=1S/C27H34N8O2S.C19H17N5O3S/c1-32(2)8-9-33-10-12-34(13-11-33)27(36)18-4-5-20-23(14-18)38-26-24(20)25(28-17-29-26)31-21-15-19-6-7-30-35(19)16-22(21)37-3;1-27-14-8-24-11(4-5-22-24)7-13(14)23-17-16-12-3-2-10(19(25)26)6-15(12)28-18(16)21-9-20-17/h6-7,15-18H,4-5,8-14H2,1-3H3,(H,28,29,31);4-5,7-10H,2-3,6H2,1H3,(H,25,26)(H,20,21,23)/t18-;10-/m00/s1. The topological polar surface area (TPSA) is 193 Å². The van der Waals surface area contributed by atoms with Gasteiger partial charge >= 0.3 is 5.97 Å². The number of pyridine rings is 2. The summed E-state index contributed by atoms with van der Waals surface area (Å²) < 4.78 is 14.7. The summed E-state index contributed by atoms with van der Waals surface area (Å²) in [5.74, 6) is 2.11. The van der Waals surface area contributed by atoms with Crippen LogP contribution in [-0.4, -0.2) is 138 Å². The van der Waals surface area contributed by atoms with E-state index >= 15 is 0 Å². The molecule has 9 heterocycles. The average Bonchev–Trinajstić information content (AvgIpc) is 4.15. The maximum atomic E-state index is 13.5. The van der Waals surface area contributed by atoms with Crippen molar-refractivity contribution in [1.82, 2.24) is 53.9 Å². The number of nitrogens with one attached hydrogen (secondary N) is 2. The summed E-state index contributed by atoms with van der Waals surface area (Å²) >= 11 is 3.26. The number of hydrogen-bond donors (Lipinski definition) is 3. The molecule has 1 fully saturated rings. The molecule has 0 bridgehead atoms. The van der Waals surface area contributed by atoms with E-state index in [1.54, 1.807) is 64.6 Å². The predicted molar refractivity (Wildman–Crippen MR) is 255 cm³/mol. The van der Waals surface area contributed by atoms with Crippen molar-refractivity contribution in [3.05, 3.63) is 82.6 Å². The molecule has 2 aliphatic carbocycles. The smallest absolute Gasteiger partial charge is 0.306 e. The number of methoxy groups -OCH3 is 2. The van der Waals surface area contributed by atoms with E-state index in [1.165, 1.54) is 16.8 Å². The number of ether oxygens (including phenoxy) is 2. The Balaban J connectivity index is 0.000000162. The zero-order valence-electron chi connectivity index (χ0n) is 37.2. The third-order valence-corrected chi connectivity index (χ3v) is 15.2. The number of carbonyl (C=O) groups is 2. The molecule has 342 valence electrons. The van der Waals surface area contributed by atoms with Crippen LogP contribution in [0.1, 0.15) is 33.7 Å². The van der Waals surface area contributed by atoms with Gasteiger partial charge in [-0.25, -0.2) is 29.0 Å². The summed E-state index contributed by atoms with van der Waals surface area (Å²) in [6.45, 7) is 5.68. The van der Waals surface area contributed by atoms with Gasteiger partial charge in [0.1, 0.15) is 34.0 Å². The molecule has 0 spiro atoms. The average molecular weight is 930 g/mol. The fraction of sp³-hybridized carbons (Fsp3) is 0.391. The number of carboxylic acid groups (broad SMARTS) is 1. The molecule has 66 heavy (non-hydrogen) atoms. The SMILES string of the molecule is COc1cn2nccc2cc1Nc1ncnc2sc3c(c12)CC[C@H](C(=O)N1CCN(CCN(C)C)CC1)C3.COc1cn2nccc2cc1Nc1ncnc2sc3c(c12)CC[C@H](C(=O)O)C3. The molecule has 3 aliphatic rings. The van der Waals surface area contributed by atoms with Crippen molar-refractivity contribution in [2.24, 2.45) is 11.8 Å². The number of piperazine rings is 1. The molecule has 3 N–H and O–H groups in total. The van der Waals surface area contributed by atoms with Gasteiger partial charge in [-0.05, 0) is 88.0 Å². The van der Waals surface area contributed by atoms with Crippen LogP contribution in [0.3, 0.4) is 0 Å². The van der Waals surface area contributed by atoms with Crippen LogP contribution in [0.15, 0.2) is 61.7 Å². The molecule has 0 radical (unpaired) electrons. The molecular formula is C46H51N13O5S2. The van der Waals surface area contributed by atoms with Gasteiger partial charge in [-0.3, -0.25) is 14.5 Å². The monoisotopic (exact) mass is 929 g/mol. The van der Waals surface area contributed by atoms with Crippen molar-refractivity contribution in [3.63, 3.8) is 0 Å². The van der Waals surface area contributed by atoms with E-state index < -0.39 is 5.97 Å². The van der Waals surface area contributed by atoms with Crippen LogP contribution in [0.2, 0.25) is 0 Å². The Morgan fingerprint density at radius 3 is 1.77 bits per heavy atom. The molecule has 2 atom stereocenters. The highest BCUT2D eigenvalue weighted by Gasteiger charge is 2.33. The number of aliphatic carboxylic acids is 1. The number of nitrogens with zero attached hydrogens (tertiary/aromatic N) is 11. The largest absolute Gasteiger partial charge is 0.493 e. The second-order valence-corrected chi connectivity index (χ2v) is 19.3. The van der Waals surface area contributed by atoms with Gasteiger partial charge in [-0.2, -0.15) is 10.2 Å². The van der Waals surface area contributed by atoms with Crippen LogP contribution in [0.25, 0.3) is 31.5 Å². The number of rotatable bonds is 11. The summed E-state index contributed by atoms with van der Waals surface area (Å²) in [5, 5.41) is 26.8. The summed E-state index contributed by atoms with van der Waals surface area (Å²) in [6.07, 6.45) is 14.7. The fourth-order valence-electron chi connectivity index (χ4n) is 9.29. The normalized spacial score (nSPS) is 17.4. The second kappa shape index (κ2) is 18.4. The first-order valence-electron chi connectivity index (χ1n) is 22.1. The number of aromatic nitrogens is 8. The fourth-order valence-corrected chi connectivity index (χ4v) is 11.8.